The van der Waals surface area contributed by atoms with Gasteiger partial charge in [0.1, 0.15) is 0 Å². The van der Waals surface area contributed by atoms with Gasteiger partial charge in [-0.3, -0.25) is 0 Å². The summed E-state index contributed by atoms with van der Waals surface area (Å²) >= 11 is 0. The maximum absolute atomic E-state index is 13.7. The SMILES string of the molecule is O=S1(=O)C(c2ccccc2)=CC=C1c1ccc(N(c2ccccc2)c2ccc3c(c2)C2(c4ccccc4-c4ccccc42)c2ccccc2-3)cc1. The van der Waals surface area contributed by atoms with Gasteiger partial charge in [0.05, 0.1) is 15.2 Å². The average Bonchev–Trinajstić information content (AvgIpc) is 3.78. The number of allylic oxidation sites excluding steroid dienone is 2. The molecule has 0 amide bonds. The van der Waals surface area contributed by atoms with E-state index in [9.17, 15) is 8.42 Å². The number of hydrogen-bond acceptors (Lipinski definition) is 3. The first-order valence-electron chi connectivity index (χ1n) is 17.2. The van der Waals surface area contributed by atoms with Crippen molar-refractivity contribution in [3.63, 3.8) is 0 Å². The van der Waals surface area contributed by atoms with Gasteiger partial charge in [-0.05, 0) is 104 Å². The number of fused-ring (bicyclic) bond motifs is 10. The number of sulfone groups is 1. The molecular weight excluding hydrogens is 643 g/mol. The van der Waals surface area contributed by atoms with Crippen LogP contribution in [0, 0.1) is 0 Å². The van der Waals surface area contributed by atoms with Crippen molar-refractivity contribution in [2.45, 2.75) is 5.41 Å². The molecule has 51 heavy (non-hydrogen) atoms. The van der Waals surface area contributed by atoms with Crippen LogP contribution in [0.1, 0.15) is 33.4 Å². The van der Waals surface area contributed by atoms with Crippen LogP contribution in [0.3, 0.4) is 0 Å². The van der Waals surface area contributed by atoms with E-state index in [-0.39, 0.29) is 0 Å². The van der Waals surface area contributed by atoms with E-state index in [0.717, 1.165) is 17.1 Å². The predicted molar refractivity (Wildman–Crippen MR) is 209 cm³/mol. The van der Waals surface area contributed by atoms with Crippen LogP contribution >= 0.6 is 0 Å². The molecule has 2 aliphatic carbocycles. The Balaban J connectivity index is 1.12. The summed E-state index contributed by atoms with van der Waals surface area (Å²) in [6.07, 6.45) is 3.43. The topological polar surface area (TPSA) is 37.4 Å². The third kappa shape index (κ3) is 4.20. The molecule has 0 unspecified atom stereocenters. The molecule has 7 aromatic rings. The minimum absolute atomic E-state index is 0.315. The van der Waals surface area contributed by atoms with Gasteiger partial charge in [-0.15, -0.1) is 0 Å². The lowest BCUT2D eigenvalue weighted by atomic mass is 9.70. The first kappa shape index (κ1) is 29.7. The van der Waals surface area contributed by atoms with E-state index in [2.05, 4.69) is 120 Å². The van der Waals surface area contributed by atoms with Crippen LogP contribution in [-0.2, 0) is 15.3 Å². The summed E-state index contributed by atoms with van der Waals surface area (Å²) in [6, 6.07) is 60.9. The molecule has 0 saturated heterocycles. The molecule has 7 aromatic carbocycles. The van der Waals surface area contributed by atoms with Crippen molar-refractivity contribution >= 4 is 36.7 Å². The third-order valence-electron chi connectivity index (χ3n) is 10.7. The molecular formula is C47H31NO2S. The number of para-hydroxylation sites is 1. The maximum Gasteiger partial charge on any atom is 0.207 e. The number of nitrogens with zero attached hydrogens (tertiary/aromatic N) is 1. The summed E-state index contributed by atoms with van der Waals surface area (Å²) in [5, 5.41) is 0. The minimum Gasteiger partial charge on any atom is -0.310 e. The van der Waals surface area contributed by atoms with Gasteiger partial charge < -0.3 is 4.90 Å². The molecule has 3 nitrogen and oxygen atoms in total. The smallest absolute Gasteiger partial charge is 0.207 e. The Bertz CT molecular complexity index is 2630. The Kier molecular flexibility index (Phi) is 6.48. The van der Waals surface area contributed by atoms with Gasteiger partial charge in [0.2, 0.25) is 9.84 Å². The number of rotatable bonds is 5. The molecule has 0 N–H and O–H groups in total. The van der Waals surface area contributed by atoms with Crippen molar-refractivity contribution in [2.24, 2.45) is 0 Å². The molecule has 10 rings (SSSR count). The molecule has 1 aliphatic heterocycles. The molecule has 0 saturated carbocycles. The molecule has 0 fully saturated rings. The Hall–Kier alpha value is -6.23. The number of benzene rings is 7. The zero-order valence-electron chi connectivity index (χ0n) is 27.6. The fourth-order valence-corrected chi connectivity index (χ4v) is 10.2. The summed E-state index contributed by atoms with van der Waals surface area (Å²) in [4.78, 5) is 2.91. The summed E-state index contributed by atoms with van der Waals surface area (Å²) < 4.78 is 27.4. The normalized spacial score (nSPS) is 15.4. The fraction of sp³-hybridized carbons (Fsp3) is 0.0213. The third-order valence-corrected chi connectivity index (χ3v) is 12.6. The first-order chi connectivity index (χ1) is 25.1. The highest BCUT2D eigenvalue weighted by Crippen LogP contribution is 2.63. The highest BCUT2D eigenvalue weighted by molar-refractivity contribution is 8.09. The first-order valence-corrected chi connectivity index (χ1v) is 18.7. The van der Waals surface area contributed by atoms with E-state index < -0.39 is 15.3 Å². The van der Waals surface area contributed by atoms with Crippen LogP contribution in [0.5, 0.6) is 0 Å². The zero-order valence-corrected chi connectivity index (χ0v) is 28.4. The van der Waals surface area contributed by atoms with Gasteiger partial charge >= 0.3 is 0 Å². The number of hydrogen-bond donors (Lipinski definition) is 0. The molecule has 0 radical (unpaired) electrons. The second-order valence-corrected chi connectivity index (χ2v) is 15.2. The minimum atomic E-state index is -3.66. The molecule has 0 atom stereocenters. The van der Waals surface area contributed by atoms with Crippen LogP contribution in [0.15, 0.2) is 188 Å². The van der Waals surface area contributed by atoms with Crippen molar-refractivity contribution in [3.05, 3.63) is 221 Å². The summed E-state index contributed by atoms with van der Waals surface area (Å²) in [5.74, 6) is 0. The lowest BCUT2D eigenvalue weighted by molar-refractivity contribution is 0.615. The summed E-state index contributed by atoms with van der Waals surface area (Å²) in [6.45, 7) is 0. The van der Waals surface area contributed by atoms with Crippen molar-refractivity contribution in [1.29, 1.82) is 0 Å². The van der Waals surface area contributed by atoms with E-state index in [4.69, 9.17) is 0 Å². The Morgan fingerprint density at radius 1 is 0.373 bits per heavy atom. The average molecular weight is 674 g/mol. The molecule has 0 aromatic heterocycles. The maximum atomic E-state index is 13.7. The van der Waals surface area contributed by atoms with E-state index in [1.807, 2.05) is 60.7 Å². The van der Waals surface area contributed by atoms with Gasteiger partial charge in [-0.1, -0.05) is 140 Å². The molecule has 242 valence electrons. The van der Waals surface area contributed by atoms with Gasteiger partial charge in [0, 0.05) is 17.1 Å². The van der Waals surface area contributed by atoms with Crippen molar-refractivity contribution in [1.82, 2.24) is 0 Å². The van der Waals surface area contributed by atoms with Crippen LogP contribution in [-0.4, -0.2) is 8.42 Å². The molecule has 4 heteroatoms. The van der Waals surface area contributed by atoms with Crippen LogP contribution in [0.25, 0.3) is 32.1 Å². The van der Waals surface area contributed by atoms with E-state index in [1.165, 1.54) is 44.5 Å². The van der Waals surface area contributed by atoms with Gasteiger partial charge in [-0.25, -0.2) is 8.42 Å². The van der Waals surface area contributed by atoms with Gasteiger partial charge in [0.15, 0.2) is 0 Å². The second kappa shape index (κ2) is 11.1. The predicted octanol–water partition coefficient (Wildman–Crippen LogP) is 11.3. The lowest BCUT2D eigenvalue weighted by Crippen LogP contribution is -2.26. The van der Waals surface area contributed by atoms with E-state index in [0.29, 0.717) is 20.9 Å². The van der Waals surface area contributed by atoms with Crippen LogP contribution in [0.4, 0.5) is 17.1 Å². The van der Waals surface area contributed by atoms with Crippen molar-refractivity contribution in [3.8, 4) is 22.3 Å². The van der Waals surface area contributed by atoms with Gasteiger partial charge in [0.25, 0.3) is 0 Å². The second-order valence-electron chi connectivity index (χ2n) is 13.3. The lowest BCUT2D eigenvalue weighted by Gasteiger charge is -2.32. The monoisotopic (exact) mass is 673 g/mol. The highest BCUT2D eigenvalue weighted by atomic mass is 32.2. The molecule has 3 aliphatic rings. The largest absolute Gasteiger partial charge is 0.310 e. The van der Waals surface area contributed by atoms with Crippen LogP contribution < -0.4 is 4.90 Å². The highest BCUT2D eigenvalue weighted by Gasteiger charge is 2.51. The standard InChI is InChI=1S/C47H31NO2S/c49-51(50)45(32-13-3-1-4-14-32)29-30-46(51)33-23-25-35(26-24-33)48(34-15-5-2-6-16-34)36-27-28-40-39-19-9-12-22-43(39)47(44(40)31-36)41-20-10-7-17-37(41)38-18-8-11-21-42(38)47/h1-31H. The van der Waals surface area contributed by atoms with Gasteiger partial charge in [-0.2, -0.15) is 0 Å². The molecule has 1 spiro atoms. The Morgan fingerprint density at radius 2 is 0.784 bits per heavy atom. The van der Waals surface area contributed by atoms with Crippen molar-refractivity contribution < 1.29 is 8.42 Å². The molecule has 0 bridgehead atoms. The van der Waals surface area contributed by atoms with E-state index in [1.54, 1.807) is 12.2 Å². The Labute approximate surface area is 298 Å². The zero-order chi connectivity index (χ0) is 34.2. The van der Waals surface area contributed by atoms with Crippen molar-refractivity contribution in [2.75, 3.05) is 4.90 Å². The number of anilines is 3. The fourth-order valence-electron chi connectivity index (χ4n) is 8.58. The molecule has 1 heterocycles. The summed E-state index contributed by atoms with van der Waals surface area (Å²) in [7, 11) is -3.66. The van der Waals surface area contributed by atoms with Crippen LogP contribution in [0.2, 0.25) is 0 Å². The Morgan fingerprint density at radius 3 is 1.33 bits per heavy atom. The van der Waals surface area contributed by atoms with E-state index >= 15 is 0 Å². The summed E-state index contributed by atoms with van der Waals surface area (Å²) in [5.41, 5.74) is 14.1. The quantitative estimate of drug-likeness (QED) is 0.182.